The van der Waals surface area contributed by atoms with Crippen molar-refractivity contribution in [1.82, 2.24) is 5.32 Å². The topological polar surface area (TPSA) is 47.6 Å². The fourth-order valence-corrected chi connectivity index (χ4v) is 2.97. The first-order valence-corrected chi connectivity index (χ1v) is 8.56. The minimum atomic E-state index is -0.131. The Morgan fingerprint density at radius 3 is 2.72 bits per heavy atom. The summed E-state index contributed by atoms with van der Waals surface area (Å²) < 4.78 is 10.8. The van der Waals surface area contributed by atoms with Crippen LogP contribution in [0.2, 0.25) is 5.02 Å². The van der Waals surface area contributed by atoms with Crippen LogP contribution < -0.4 is 14.8 Å². The van der Waals surface area contributed by atoms with Crippen molar-refractivity contribution in [2.45, 2.75) is 19.4 Å². The molecule has 3 rings (SSSR count). The molecule has 1 N–H and O–H groups in total. The summed E-state index contributed by atoms with van der Waals surface area (Å²) in [6.07, 6.45) is 2.62. The van der Waals surface area contributed by atoms with Gasteiger partial charge in [-0.15, -0.1) is 0 Å². The van der Waals surface area contributed by atoms with Crippen LogP contribution in [0.5, 0.6) is 11.5 Å². The highest BCUT2D eigenvalue weighted by Crippen LogP contribution is 2.29. The summed E-state index contributed by atoms with van der Waals surface area (Å²) in [4.78, 5) is 12.6. The van der Waals surface area contributed by atoms with Crippen LogP contribution in [-0.2, 0) is 4.79 Å². The fraction of sp³-hybridized carbons (Fsp3) is 0.250. The molecule has 1 aliphatic rings. The van der Waals surface area contributed by atoms with Crippen molar-refractivity contribution in [3.05, 3.63) is 64.2 Å². The lowest BCUT2D eigenvalue weighted by Gasteiger charge is -2.21. The quantitative estimate of drug-likeness (QED) is 0.863. The maximum absolute atomic E-state index is 12.6. The number of ether oxygens (including phenoxy) is 2. The summed E-state index contributed by atoms with van der Waals surface area (Å²) in [6.45, 7) is 2.29. The molecule has 1 atom stereocenters. The molecular formula is C20H20ClNO3. The number of methoxy groups -OCH3 is 1. The minimum absolute atomic E-state index is 0.0694. The second-order valence-corrected chi connectivity index (χ2v) is 6.28. The molecule has 0 saturated carbocycles. The van der Waals surface area contributed by atoms with Gasteiger partial charge in [-0.2, -0.15) is 0 Å². The molecule has 0 radical (unpaired) electrons. The van der Waals surface area contributed by atoms with Crippen molar-refractivity contribution in [3.8, 4) is 11.5 Å². The number of fused-ring (bicyclic) bond motifs is 1. The van der Waals surface area contributed by atoms with Gasteiger partial charge in [0.15, 0.2) is 0 Å². The molecule has 1 unspecified atom stereocenters. The standard InChI is InChI=1S/C20H20ClNO3/c1-3-18(13-4-7-17(24-2)8-5-13)22-20(23)15-10-14-11-16(21)6-9-19(14)25-12-15/h4-11,18H,3,12H2,1-2H3,(H,22,23). The number of rotatable bonds is 5. The second kappa shape index (κ2) is 7.62. The normalized spacial score (nSPS) is 14.0. The molecule has 5 heteroatoms. The summed E-state index contributed by atoms with van der Waals surface area (Å²) in [6, 6.07) is 13.0. The Hall–Kier alpha value is -2.46. The Morgan fingerprint density at radius 2 is 2.04 bits per heavy atom. The van der Waals surface area contributed by atoms with Gasteiger partial charge in [0.2, 0.25) is 0 Å². The lowest BCUT2D eigenvalue weighted by atomic mass is 10.0. The summed E-state index contributed by atoms with van der Waals surface area (Å²) >= 11 is 6.02. The van der Waals surface area contributed by atoms with Crippen LogP contribution in [0, 0.1) is 0 Å². The van der Waals surface area contributed by atoms with Crippen molar-refractivity contribution in [3.63, 3.8) is 0 Å². The molecule has 0 aliphatic carbocycles. The lowest BCUT2D eigenvalue weighted by molar-refractivity contribution is -0.118. The Labute approximate surface area is 152 Å². The van der Waals surface area contributed by atoms with Crippen LogP contribution in [0.25, 0.3) is 6.08 Å². The van der Waals surface area contributed by atoms with Gasteiger partial charge in [0, 0.05) is 10.6 Å². The van der Waals surface area contributed by atoms with Crippen LogP contribution in [-0.4, -0.2) is 19.6 Å². The fourth-order valence-electron chi connectivity index (χ4n) is 2.79. The molecular weight excluding hydrogens is 338 g/mol. The van der Waals surface area contributed by atoms with E-state index in [2.05, 4.69) is 5.32 Å². The average Bonchev–Trinajstić information content (AvgIpc) is 2.65. The van der Waals surface area contributed by atoms with Crippen molar-refractivity contribution in [1.29, 1.82) is 0 Å². The van der Waals surface area contributed by atoms with Crippen LogP contribution in [0.15, 0.2) is 48.0 Å². The number of hydrogen-bond donors (Lipinski definition) is 1. The molecule has 2 aromatic carbocycles. The summed E-state index contributed by atoms with van der Waals surface area (Å²) in [7, 11) is 1.63. The number of nitrogens with one attached hydrogen (secondary N) is 1. The Balaban J connectivity index is 1.76. The van der Waals surface area contributed by atoms with E-state index < -0.39 is 0 Å². The molecule has 1 heterocycles. The van der Waals surface area contributed by atoms with E-state index in [4.69, 9.17) is 21.1 Å². The molecule has 0 fully saturated rings. The minimum Gasteiger partial charge on any atom is -0.497 e. The van der Waals surface area contributed by atoms with E-state index in [1.165, 1.54) is 0 Å². The summed E-state index contributed by atoms with van der Waals surface area (Å²) in [5, 5.41) is 3.69. The van der Waals surface area contributed by atoms with Crippen LogP contribution in [0.3, 0.4) is 0 Å². The zero-order valence-electron chi connectivity index (χ0n) is 14.2. The zero-order chi connectivity index (χ0) is 17.8. The van der Waals surface area contributed by atoms with E-state index in [9.17, 15) is 4.79 Å². The Morgan fingerprint density at radius 1 is 1.28 bits per heavy atom. The number of halogens is 1. The smallest absolute Gasteiger partial charge is 0.251 e. The van der Waals surface area contributed by atoms with E-state index >= 15 is 0 Å². The van der Waals surface area contributed by atoms with Gasteiger partial charge >= 0.3 is 0 Å². The largest absolute Gasteiger partial charge is 0.497 e. The number of carbonyl (C=O) groups excluding carboxylic acids is 1. The maximum atomic E-state index is 12.6. The Bertz CT molecular complexity index is 799. The van der Waals surface area contributed by atoms with Crippen molar-refractivity contribution in [2.75, 3.05) is 13.7 Å². The van der Waals surface area contributed by atoms with Gasteiger partial charge in [-0.25, -0.2) is 0 Å². The van der Waals surface area contributed by atoms with Crippen molar-refractivity contribution < 1.29 is 14.3 Å². The third kappa shape index (κ3) is 3.97. The van der Waals surface area contributed by atoms with E-state index in [0.29, 0.717) is 10.6 Å². The molecule has 0 spiro atoms. The van der Waals surface area contributed by atoms with E-state index in [1.807, 2.05) is 43.3 Å². The number of benzene rings is 2. The summed E-state index contributed by atoms with van der Waals surface area (Å²) in [5.41, 5.74) is 2.44. The first-order chi connectivity index (χ1) is 12.1. The number of carbonyl (C=O) groups is 1. The van der Waals surface area contributed by atoms with E-state index in [1.54, 1.807) is 19.2 Å². The van der Waals surface area contributed by atoms with Gasteiger partial charge in [-0.1, -0.05) is 30.7 Å². The molecule has 1 amide bonds. The van der Waals surface area contributed by atoms with Gasteiger partial charge in [0.1, 0.15) is 18.1 Å². The first-order valence-electron chi connectivity index (χ1n) is 8.18. The predicted molar refractivity (Wildman–Crippen MR) is 99.1 cm³/mol. The third-order valence-electron chi connectivity index (χ3n) is 4.21. The van der Waals surface area contributed by atoms with Crippen LogP contribution in [0.1, 0.15) is 30.5 Å². The molecule has 1 aliphatic heterocycles. The number of amides is 1. The third-order valence-corrected chi connectivity index (χ3v) is 4.44. The summed E-state index contributed by atoms with van der Waals surface area (Å²) in [5.74, 6) is 1.40. The highest BCUT2D eigenvalue weighted by Gasteiger charge is 2.20. The monoisotopic (exact) mass is 357 g/mol. The second-order valence-electron chi connectivity index (χ2n) is 5.85. The highest BCUT2D eigenvalue weighted by atomic mass is 35.5. The van der Waals surface area contributed by atoms with Crippen LogP contribution >= 0.6 is 11.6 Å². The maximum Gasteiger partial charge on any atom is 0.251 e. The van der Waals surface area contributed by atoms with Gasteiger partial charge in [0.25, 0.3) is 5.91 Å². The van der Waals surface area contributed by atoms with Crippen molar-refractivity contribution in [2.24, 2.45) is 0 Å². The molecule has 4 nitrogen and oxygen atoms in total. The Kier molecular flexibility index (Phi) is 5.29. The van der Waals surface area contributed by atoms with Gasteiger partial charge in [0.05, 0.1) is 18.7 Å². The molecule has 25 heavy (non-hydrogen) atoms. The highest BCUT2D eigenvalue weighted by molar-refractivity contribution is 6.30. The molecule has 0 saturated heterocycles. The van der Waals surface area contributed by atoms with E-state index in [-0.39, 0.29) is 18.6 Å². The van der Waals surface area contributed by atoms with Gasteiger partial charge in [-0.05, 0) is 48.4 Å². The predicted octanol–water partition coefficient (Wildman–Crippen LogP) is 4.39. The average molecular weight is 358 g/mol. The zero-order valence-corrected chi connectivity index (χ0v) is 15.0. The molecule has 0 bridgehead atoms. The van der Waals surface area contributed by atoms with Crippen LogP contribution in [0.4, 0.5) is 0 Å². The molecule has 130 valence electrons. The number of hydrogen-bond acceptors (Lipinski definition) is 3. The molecule has 2 aromatic rings. The SMILES string of the molecule is CCC(NC(=O)C1=Cc2cc(Cl)ccc2OC1)c1ccc(OC)cc1. The van der Waals surface area contributed by atoms with Gasteiger partial charge in [-0.3, -0.25) is 4.79 Å². The molecule has 0 aromatic heterocycles. The van der Waals surface area contributed by atoms with Gasteiger partial charge < -0.3 is 14.8 Å². The first kappa shape index (κ1) is 17.4. The van der Waals surface area contributed by atoms with Crippen molar-refractivity contribution >= 4 is 23.6 Å². The lowest BCUT2D eigenvalue weighted by Crippen LogP contribution is -2.32. The van der Waals surface area contributed by atoms with E-state index in [0.717, 1.165) is 29.0 Å².